The molecule has 0 atom stereocenters. The highest BCUT2D eigenvalue weighted by Gasteiger charge is 2.29. The molecule has 0 unspecified atom stereocenters. The number of benzene rings is 1. The first-order valence-electron chi connectivity index (χ1n) is 13.0. The molecule has 2 amide bonds. The van der Waals surface area contributed by atoms with Gasteiger partial charge >= 0.3 is 6.03 Å². The van der Waals surface area contributed by atoms with Crippen LogP contribution in [0, 0.1) is 5.92 Å². The molecule has 190 valence electrons. The zero-order valence-electron chi connectivity index (χ0n) is 20.3. The number of halogens is 3. The van der Waals surface area contributed by atoms with Gasteiger partial charge in [0.2, 0.25) is 0 Å². The lowest BCUT2D eigenvalue weighted by Crippen LogP contribution is -2.49. The van der Waals surface area contributed by atoms with Crippen LogP contribution in [0.2, 0.25) is 10.0 Å². The molecule has 0 bridgehead atoms. The highest BCUT2D eigenvalue weighted by molar-refractivity contribution is 6.43. The second-order valence-electron chi connectivity index (χ2n) is 10.4. The van der Waals surface area contributed by atoms with Gasteiger partial charge in [-0.05, 0) is 82.4 Å². The van der Waals surface area contributed by atoms with Gasteiger partial charge in [0, 0.05) is 45.3 Å². The number of carbonyl (C=O) groups is 1. The molecule has 5 nitrogen and oxygen atoms in total. The molecule has 2 aliphatic carbocycles. The van der Waals surface area contributed by atoms with Crippen molar-refractivity contribution in [3.63, 3.8) is 0 Å². The minimum atomic E-state index is -0.687. The second kappa shape index (κ2) is 12.1. The van der Waals surface area contributed by atoms with Crippen LogP contribution in [-0.4, -0.2) is 73.9 Å². The molecule has 1 aromatic carbocycles. The molecule has 4 rings (SSSR count). The lowest BCUT2D eigenvalue weighted by atomic mass is 9.84. The molecule has 3 aliphatic rings. The lowest BCUT2D eigenvalue weighted by molar-refractivity contribution is 0.140. The van der Waals surface area contributed by atoms with E-state index in [1.807, 2.05) is 30.1 Å². The Morgan fingerprint density at radius 1 is 1.03 bits per heavy atom. The summed E-state index contributed by atoms with van der Waals surface area (Å²) in [7, 11) is 1.87. The second-order valence-corrected chi connectivity index (χ2v) is 11.2. The first kappa shape index (κ1) is 25.8. The molecular formula is C26H39Cl2FN4O. The van der Waals surface area contributed by atoms with Gasteiger partial charge in [0.15, 0.2) is 0 Å². The maximum absolute atomic E-state index is 13.4. The predicted octanol–water partition coefficient (Wildman–Crippen LogP) is 5.99. The molecule has 2 saturated carbocycles. The van der Waals surface area contributed by atoms with Crippen molar-refractivity contribution in [3.05, 3.63) is 28.2 Å². The van der Waals surface area contributed by atoms with Gasteiger partial charge in [-0.1, -0.05) is 29.3 Å². The fourth-order valence-electron chi connectivity index (χ4n) is 5.77. The molecule has 1 aromatic rings. The Hall–Kier alpha value is -1.24. The number of rotatable bonds is 6. The number of hydrogen-bond acceptors (Lipinski definition) is 3. The van der Waals surface area contributed by atoms with Crippen LogP contribution in [0.4, 0.5) is 14.9 Å². The highest BCUT2D eigenvalue weighted by Crippen LogP contribution is 2.33. The number of urea groups is 1. The summed E-state index contributed by atoms with van der Waals surface area (Å²) in [4.78, 5) is 19.4. The van der Waals surface area contributed by atoms with Gasteiger partial charge < -0.3 is 15.1 Å². The Morgan fingerprint density at radius 3 is 2.38 bits per heavy atom. The predicted molar refractivity (Wildman–Crippen MR) is 139 cm³/mol. The van der Waals surface area contributed by atoms with Crippen LogP contribution in [0.25, 0.3) is 0 Å². The average Bonchev–Trinajstić information content (AvgIpc) is 2.86. The quantitative estimate of drug-likeness (QED) is 0.508. The summed E-state index contributed by atoms with van der Waals surface area (Å²) in [6.45, 7) is 5.17. The van der Waals surface area contributed by atoms with Gasteiger partial charge in [0.05, 0.1) is 15.7 Å². The van der Waals surface area contributed by atoms with Crippen molar-refractivity contribution in [2.45, 2.75) is 76.0 Å². The summed E-state index contributed by atoms with van der Waals surface area (Å²) in [6.07, 6.45) is 7.73. The molecule has 1 aliphatic heterocycles. The molecule has 3 fully saturated rings. The number of nitrogens with one attached hydrogen (secondary N) is 1. The number of nitrogens with zero attached hydrogens (tertiary/aromatic N) is 3. The average molecular weight is 514 g/mol. The van der Waals surface area contributed by atoms with Crippen LogP contribution in [0.15, 0.2) is 18.2 Å². The van der Waals surface area contributed by atoms with Gasteiger partial charge in [-0.25, -0.2) is 9.18 Å². The molecule has 1 N–H and O–H groups in total. The van der Waals surface area contributed by atoms with Crippen molar-refractivity contribution < 1.29 is 9.18 Å². The SMILES string of the molecule is CN(C(=O)NC1CCC(CCN2CCN(c3cccc(Cl)c3Cl)CC2)CC1)C1CCC(F)CC1. The third kappa shape index (κ3) is 6.70. The molecule has 0 aromatic heterocycles. The summed E-state index contributed by atoms with van der Waals surface area (Å²) in [5.74, 6) is 0.742. The number of anilines is 1. The van der Waals surface area contributed by atoms with E-state index in [0.717, 1.165) is 70.0 Å². The first-order valence-corrected chi connectivity index (χ1v) is 13.7. The number of hydrogen-bond donors (Lipinski definition) is 1. The van der Waals surface area contributed by atoms with E-state index in [4.69, 9.17) is 23.2 Å². The van der Waals surface area contributed by atoms with Crippen LogP contribution in [0.3, 0.4) is 0 Å². The van der Waals surface area contributed by atoms with E-state index in [-0.39, 0.29) is 18.1 Å². The Labute approximate surface area is 213 Å². The van der Waals surface area contributed by atoms with Crippen molar-refractivity contribution in [2.75, 3.05) is 44.7 Å². The van der Waals surface area contributed by atoms with Gasteiger partial charge in [-0.2, -0.15) is 0 Å². The topological polar surface area (TPSA) is 38.8 Å². The van der Waals surface area contributed by atoms with Crippen molar-refractivity contribution in [1.29, 1.82) is 0 Å². The summed E-state index contributed by atoms with van der Waals surface area (Å²) in [5, 5.41) is 4.51. The maximum Gasteiger partial charge on any atom is 0.317 e. The van der Waals surface area contributed by atoms with Crippen molar-refractivity contribution in [3.8, 4) is 0 Å². The number of alkyl halides is 1. The van der Waals surface area contributed by atoms with Gasteiger partial charge in [0.1, 0.15) is 6.17 Å². The van der Waals surface area contributed by atoms with E-state index in [0.29, 0.717) is 22.9 Å². The van der Waals surface area contributed by atoms with Crippen molar-refractivity contribution >= 4 is 34.9 Å². The van der Waals surface area contributed by atoms with E-state index in [9.17, 15) is 9.18 Å². The number of carbonyl (C=O) groups excluding carboxylic acids is 1. The Bertz CT molecular complexity index is 804. The molecule has 0 spiro atoms. The summed E-state index contributed by atoms with van der Waals surface area (Å²) in [5.41, 5.74) is 1.04. The number of amides is 2. The molecule has 8 heteroatoms. The zero-order chi connectivity index (χ0) is 24.1. The number of piperazine rings is 1. The van der Waals surface area contributed by atoms with E-state index in [2.05, 4.69) is 15.1 Å². The molecule has 34 heavy (non-hydrogen) atoms. The van der Waals surface area contributed by atoms with Crippen LogP contribution < -0.4 is 10.2 Å². The lowest BCUT2D eigenvalue weighted by Gasteiger charge is -2.38. The van der Waals surface area contributed by atoms with Gasteiger partial charge in [-0.3, -0.25) is 4.90 Å². The third-order valence-electron chi connectivity index (χ3n) is 8.17. The van der Waals surface area contributed by atoms with Crippen molar-refractivity contribution in [1.82, 2.24) is 15.1 Å². The Kier molecular flexibility index (Phi) is 9.22. The van der Waals surface area contributed by atoms with Crippen LogP contribution >= 0.6 is 23.2 Å². The van der Waals surface area contributed by atoms with Crippen molar-refractivity contribution in [2.24, 2.45) is 5.92 Å². The standard InChI is InChI=1S/C26H39Cl2FN4O/c1-31(22-11-7-20(29)8-12-22)26(34)30-21-9-5-19(6-10-21)13-14-32-15-17-33(18-16-32)24-4-2-3-23(27)25(24)28/h2-4,19-22H,5-18H2,1H3,(H,30,34). The minimum Gasteiger partial charge on any atom is -0.368 e. The molecule has 1 saturated heterocycles. The van der Waals surface area contributed by atoms with Gasteiger partial charge in [0.25, 0.3) is 0 Å². The van der Waals surface area contributed by atoms with Crippen LogP contribution in [0.5, 0.6) is 0 Å². The fourth-order valence-corrected chi connectivity index (χ4v) is 6.19. The van der Waals surface area contributed by atoms with Crippen LogP contribution in [0.1, 0.15) is 57.8 Å². The van der Waals surface area contributed by atoms with E-state index < -0.39 is 6.17 Å². The monoisotopic (exact) mass is 512 g/mol. The maximum atomic E-state index is 13.4. The normalized spacial score (nSPS) is 28.5. The largest absolute Gasteiger partial charge is 0.368 e. The smallest absolute Gasteiger partial charge is 0.317 e. The highest BCUT2D eigenvalue weighted by atomic mass is 35.5. The van der Waals surface area contributed by atoms with Crippen LogP contribution in [-0.2, 0) is 0 Å². The Balaban J connectivity index is 1.12. The molecule has 0 radical (unpaired) electrons. The van der Waals surface area contributed by atoms with E-state index in [1.54, 1.807) is 0 Å². The van der Waals surface area contributed by atoms with E-state index in [1.165, 1.54) is 19.3 Å². The molecular weight excluding hydrogens is 474 g/mol. The fraction of sp³-hybridized carbons (Fsp3) is 0.731. The molecule has 1 heterocycles. The van der Waals surface area contributed by atoms with E-state index >= 15 is 0 Å². The first-order chi connectivity index (χ1) is 16.4. The zero-order valence-corrected chi connectivity index (χ0v) is 21.8. The Morgan fingerprint density at radius 2 is 1.71 bits per heavy atom. The third-order valence-corrected chi connectivity index (χ3v) is 8.98. The summed E-state index contributed by atoms with van der Waals surface area (Å²) in [6, 6.07) is 6.31. The minimum absolute atomic E-state index is 0.0171. The summed E-state index contributed by atoms with van der Waals surface area (Å²) >= 11 is 12.6. The van der Waals surface area contributed by atoms with Gasteiger partial charge in [-0.15, -0.1) is 0 Å². The summed E-state index contributed by atoms with van der Waals surface area (Å²) < 4.78 is 13.4.